The summed E-state index contributed by atoms with van der Waals surface area (Å²) in [5.74, 6) is -2.31. The van der Waals surface area contributed by atoms with Gasteiger partial charge in [0, 0.05) is 5.08 Å². The normalized spacial score (nSPS) is 17.1. The van der Waals surface area contributed by atoms with Crippen molar-refractivity contribution in [1.29, 1.82) is 0 Å². The summed E-state index contributed by atoms with van der Waals surface area (Å²) in [6, 6.07) is 0. The van der Waals surface area contributed by atoms with Gasteiger partial charge in [-0.05, 0) is 0 Å². The lowest BCUT2D eigenvalue weighted by atomic mass is 10.5. The maximum Gasteiger partial charge on any atom is 0.343 e. The number of rotatable bonds is 2. The molecule has 0 saturated carbocycles. The fourth-order valence-electron chi connectivity index (χ4n) is 0.596. The van der Waals surface area contributed by atoms with E-state index in [1.54, 1.807) is 0 Å². The summed E-state index contributed by atoms with van der Waals surface area (Å²) < 4.78 is 0. The van der Waals surface area contributed by atoms with Gasteiger partial charge in [-0.25, -0.2) is 9.59 Å². The Kier molecular flexibility index (Phi) is 2.45. The number of carboxylic acids is 2. The zero-order chi connectivity index (χ0) is 8.43. The molecule has 0 amide bonds. The first-order chi connectivity index (χ1) is 5.13. The van der Waals surface area contributed by atoms with E-state index in [0.717, 1.165) is 23.5 Å². The van der Waals surface area contributed by atoms with Crippen LogP contribution in [0.5, 0.6) is 0 Å². The Hall–Kier alpha value is -0.620. The molecule has 1 rings (SSSR count). The lowest BCUT2D eigenvalue weighted by Gasteiger charge is -1.92. The Morgan fingerprint density at radius 1 is 1.09 bits per heavy atom. The first-order valence-electron chi connectivity index (χ1n) is 2.59. The van der Waals surface area contributed by atoms with E-state index in [2.05, 4.69) is 0 Å². The number of thioether (sulfide) groups is 2. The highest BCUT2D eigenvalue weighted by molar-refractivity contribution is 8.23. The highest BCUT2D eigenvalue weighted by Gasteiger charge is 2.26. The van der Waals surface area contributed by atoms with Crippen LogP contribution in [0.1, 0.15) is 0 Å². The van der Waals surface area contributed by atoms with Crippen LogP contribution in [-0.4, -0.2) is 27.2 Å². The van der Waals surface area contributed by atoms with E-state index in [0.29, 0.717) is 5.08 Å². The maximum absolute atomic E-state index is 10.4. The van der Waals surface area contributed by atoms with Gasteiger partial charge >= 0.3 is 11.9 Å². The van der Waals surface area contributed by atoms with Gasteiger partial charge in [-0.2, -0.15) is 0 Å². The second kappa shape index (κ2) is 3.19. The van der Waals surface area contributed by atoms with Crippen molar-refractivity contribution in [2.75, 3.05) is 5.08 Å². The number of hydrogen-bond acceptors (Lipinski definition) is 4. The van der Waals surface area contributed by atoms with Crippen molar-refractivity contribution in [3.8, 4) is 0 Å². The molecular formula is C5H4O4S2. The Morgan fingerprint density at radius 2 is 1.45 bits per heavy atom. The molecule has 0 atom stereocenters. The Labute approximate surface area is 70.7 Å². The average molecular weight is 192 g/mol. The molecule has 0 fully saturated rings. The van der Waals surface area contributed by atoms with Gasteiger partial charge in [0.25, 0.3) is 0 Å². The summed E-state index contributed by atoms with van der Waals surface area (Å²) >= 11 is 2.10. The Bertz CT molecular complexity index is 221. The smallest absolute Gasteiger partial charge is 0.343 e. The van der Waals surface area contributed by atoms with Crippen LogP contribution in [-0.2, 0) is 9.59 Å². The zero-order valence-corrected chi connectivity index (χ0v) is 6.87. The van der Waals surface area contributed by atoms with Crippen molar-refractivity contribution in [3.05, 3.63) is 9.81 Å². The minimum Gasteiger partial charge on any atom is -0.477 e. The summed E-state index contributed by atoms with van der Waals surface area (Å²) in [5.41, 5.74) is 0. The van der Waals surface area contributed by atoms with Crippen molar-refractivity contribution < 1.29 is 19.8 Å². The highest BCUT2D eigenvalue weighted by Crippen LogP contribution is 2.39. The third-order valence-corrected chi connectivity index (χ3v) is 3.41. The molecule has 11 heavy (non-hydrogen) atoms. The number of carboxylic acid groups (broad SMARTS) is 2. The molecule has 6 heteroatoms. The predicted molar refractivity (Wildman–Crippen MR) is 42.3 cm³/mol. The molecule has 1 heterocycles. The molecule has 0 saturated heterocycles. The fraction of sp³-hybridized carbons (Fsp3) is 0.200. The maximum atomic E-state index is 10.4. The molecule has 0 aromatic rings. The van der Waals surface area contributed by atoms with Crippen LogP contribution in [0.15, 0.2) is 9.81 Å². The summed E-state index contributed by atoms with van der Waals surface area (Å²) in [6.45, 7) is 0. The quantitative estimate of drug-likeness (QED) is 0.674. The molecule has 0 aromatic heterocycles. The van der Waals surface area contributed by atoms with Gasteiger partial charge in [0.15, 0.2) is 0 Å². The van der Waals surface area contributed by atoms with E-state index in [1.807, 2.05) is 0 Å². The molecule has 0 unspecified atom stereocenters. The van der Waals surface area contributed by atoms with E-state index < -0.39 is 11.9 Å². The fourth-order valence-corrected chi connectivity index (χ4v) is 2.81. The van der Waals surface area contributed by atoms with Gasteiger partial charge in [-0.15, -0.1) is 23.5 Å². The molecule has 1 aliphatic rings. The number of hydrogen-bond donors (Lipinski definition) is 2. The minimum absolute atomic E-state index is 0.0532. The zero-order valence-electron chi connectivity index (χ0n) is 5.23. The van der Waals surface area contributed by atoms with Crippen LogP contribution in [0.2, 0.25) is 0 Å². The van der Waals surface area contributed by atoms with E-state index in [4.69, 9.17) is 10.2 Å². The number of carbonyl (C=O) groups is 2. The lowest BCUT2D eigenvalue weighted by Crippen LogP contribution is -2.03. The Morgan fingerprint density at radius 3 is 1.73 bits per heavy atom. The molecule has 0 bridgehead atoms. The van der Waals surface area contributed by atoms with Gasteiger partial charge in [-0.1, -0.05) is 0 Å². The summed E-state index contributed by atoms with van der Waals surface area (Å²) in [4.78, 5) is 20.6. The van der Waals surface area contributed by atoms with Gasteiger partial charge in [-0.3, -0.25) is 0 Å². The van der Waals surface area contributed by atoms with E-state index in [1.165, 1.54) is 0 Å². The van der Waals surface area contributed by atoms with E-state index >= 15 is 0 Å². The largest absolute Gasteiger partial charge is 0.477 e. The van der Waals surface area contributed by atoms with Crippen molar-refractivity contribution in [3.63, 3.8) is 0 Å². The molecule has 0 aromatic carbocycles. The lowest BCUT2D eigenvalue weighted by molar-refractivity contribution is -0.134. The van der Waals surface area contributed by atoms with Gasteiger partial charge in [0.2, 0.25) is 0 Å². The second-order valence-electron chi connectivity index (χ2n) is 1.68. The average Bonchev–Trinajstić information content (AvgIpc) is 2.32. The summed E-state index contributed by atoms with van der Waals surface area (Å²) in [7, 11) is 0. The van der Waals surface area contributed by atoms with Crippen LogP contribution in [0.4, 0.5) is 0 Å². The molecule has 4 nitrogen and oxygen atoms in total. The second-order valence-corrected chi connectivity index (χ2v) is 4.01. The molecule has 1 aliphatic heterocycles. The van der Waals surface area contributed by atoms with Crippen LogP contribution in [0.3, 0.4) is 0 Å². The van der Waals surface area contributed by atoms with Gasteiger partial charge in [0.1, 0.15) is 9.81 Å². The standard InChI is InChI=1S/C5H4O4S2/c6-4(7)2-3(5(8)9)11-1-10-2/h1H2,(H,6,7)(H,8,9). The molecular weight excluding hydrogens is 188 g/mol. The summed E-state index contributed by atoms with van der Waals surface area (Å²) in [5, 5.41) is 17.4. The van der Waals surface area contributed by atoms with E-state index in [-0.39, 0.29) is 9.81 Å². The summed E-state index contributed by atoms with van der Waals surface area (Å²) in [6.07, 6.45) is 0. The third-order valence-electron chi connectivity index (χ3n) is 1.00. The molecule has 2 N–H and O–H groups in total. The van der Waals surface area contributed by atoms with Crippen LogP contribution >= 0.6 is 23.5 Å². The van der Waals surface area contributed by atoms with Crippen LogP contribution in [0.25, 0.3) is 0 Å². The van der Waals surface area contributed by atoms with Crippen molar-refractivity contribution in [2.45, 2.75) is 0 Å². The van der Waals surface area contributed by atoms with Crippen LogP contribution < -0.4 is 0 Å². The van der Waals surface area contributed by atoms with E-state index in [9.17, 15) is 9.59 Å². The molecule has 0 radical (unpaired) electrons. The first kappa shape index (κ1) is 8.48. The molecule has 0 spiro atoms. The van der Waals surface area contributed by atoms with Gasteiger partial charge < -0.3 is 10.2 Å². The van der Waals surface area contributed by atoms with Crippen LogP contribution in [0, 0.1) is 0 Å². The SMILES string of the molecule is O=C(O)C1=C(C(=O)O)SCS1. The minimum atomic E-state index is -1.16. The highest BCUT2D eigenvalue weighted by atomic mass is 32.2. The van der Waals surface area contributed by atoms with Crippen molar-refractivity contribution in [2.24, 2.45) is 0 Å². The third kappa shape index (κ3) is 1.69. The van der Waals surface area contributed by atoms with Crippen molar-refractivity contribution >= 4 is 35.5 Å². The predicted octanol–water partition coefficient (Wildman–Crippen LogP) is 0.805. The topological polar surface area (TPSA) is 74.6 Å². The Balaban J connectivity index is 2.95. The monoisotopic (exact) mass is 192 g/mol. The van der Waals surface area contributed by atoms with Crippen molar-refractivity contribution in [1.82, 2.24) is 0 Å². The van der Waals surface area contributed by atoms with Gasteiger partial charge in [0.05, 0.1) is 0 Å². The molecule has 0 aliphatic carbocycles. The number of aliphatic carboxylic acids is 2. The first-order valence-corrected chi connectivity index (χ1v) is 4.56. The molecule has 60 valence electrons.